The summed E-state index contributed by atoms with van der Waals surface area (Å²) >= 11 is 1.87. The zero-order valence-electron chi connectivity index (χ0n) is 15.3. The standard InChI is InChI=1S/C21H25NO3S/c1-20(2,24)19(23)22-11-9-21(10-12-22)16-14-18(15-6-4-3-5-7-15)26-17(16)8-13-25-21/h3-7,14,24H,8-13H2,1-2H3. The van der Waals surface area contributed by atoms with Gasteiger partial charge < -0.3 is 14.7 Å². The highest BCUT2D eigenvalue weighted by Gasteiger charge is 2.44. The predicted octanol–water partition coefficient (Wildman–Crippen LogP) is 3.58. The number of rotatable bonds is 2. The molecular formula is C21H25NO3S. The number of carbonyl (C=O) groups is 1. The molecule has 4 rings (SSSR count). The third-order valence-corrected chi connectivity index (χ3v) is 6.69. The summed E-state index contributed by atoms with van der Waals surface area (Å²) in [7, 11) is 0. The van der Waals surface area contributed by atoms with Crippen molar-refractivity contribution in [2.75, 3.05) is 19.7 Å². The van der Waals surface area contributed by atoms with Crippen LogP contribution >= 0.6 is 11.3 Å². The number of thiophene rings is 1. The van der Waals surface area contributed by atoms with E-state index < -0.39 is 5.60 Å². The Morgan fingerprint density at radius 2 is 1.92 bits per heavy atom. The molecule has 1 spiro atoms. The molecule has 1 amide bonds. The molecule has 1 aromatic heterocycles. The number of carbonyl (C=O) groups excluding carboxylic acids is 1. The molecule has 1 N–H and O–H groups in total. The van der Waals surface area contributed by atoms with E-state index in [1.807, 2.05) is 17.4 Å². The number of hydrogen-bond donors (Lipinski definition) is 1. The maximum atomic E-state index is 12.4. The fourth-order valence-electron chi connectivity index (χ4n) is 4.03. The summed E-state index contributed by atoms with van der Waals surface area (Å²) in [4.78, 5) is 16.8. The molecule has 4 nitrogen and oxygen atoms in total. The maximum absolute atomic E-state index is 12.4. The second kappa shape index (κ2) is 6.48. The van der Waals surface area contributed by atoms with Crippen LogP contribution in [-0.4, -0.2) is 41.2 Å². The van der Waals surface area contributed by atoms with Crippen LogP contribution in [0, 0.1) is 0 Å². The van der Waals surface area contributed by atoms with Crippen LogP contribution in [0.15, 0.2) is 36.4 Å². The lowest BCUT2D eigenvalue weighted by atomic mass is 9.81. The third-order valence-electron chi connectivity index (χ3n) is 5.45. The highest BCUT2D eigenvalue weighted by molar-refractivity contribution is 7.15. The van der Waals surface area contributed by atoms with E-state index in [1.54, 1.807) is 18.7 Å². The van der Waals surface area contributed by atoms with E-state index in [0.29, 0.717) is 13.1 Å². The number of hydrogen-bond acceptors (Lipinski definition) is 4. The van der Waals surface area contributed by atoms with Crippen molar-refractivity contribution in [2.24, 2.45) is 0 Å². The Hall–Kier alpha value is -1.69. The highest BCUT2D eigenvalue weighted by atomic mass is 32.1. The molecule has 0 unspecified atom stereocenters. The predicted molar refractivity (Wildman–Crippen MR) is 103 cm³/mol. The second-order valence-corrected chi connectivity index (χ2v) is 8.89. The van der Waals surface area contributed by atoms with E-state index in [4.69, 9.17) is 4.74 Å². The van der Waals surface area contributed by atoms with Crippen molar-refractivity contribution in [1.29, 1.82) is 0 Å². The number of amides is 1. The van der Waals surface area contributed by atoms with Gasteiger partial charge in [0.1, 0.15) is 5.60 Å². The van der Waals surface area contributed by atoms with E-state index in [2.05, 4.69) is 30.3 Å². The van der Waals surface area contributed by atoms with Gasteiger partial charge in [-0.15, -0.1) is 11.3 Å². The summed E-state index contributed by atoms with van der Waals surface area (Å²) in [5.41, 5.74) is 0.957. The van der Waals surface area contributed by atoms with Crippen LogP contribution < -0.4 is 0 Å². The summed E-state index contributed by atoms with van der Waals surface area (Å²) in [5, 5.41) is 10.0. The zero-order valence-corrected chi connectivity index (χ0v) is 16.1. The largest absolute Gasteiger partial charge is 0.381 e. The van der Waals surface area contributed by atoms with Crippen molar-refractivity contribution in [3.63, 3.8) is 0 Å². The first-order valence-corrected chi connectivity index (χ1v) is 10.1. The Morgan fingerprint density at radius 1 is 1.23 bits per heavy atom. The van der Waals surface area contributed by atoms with Gasteiger partial charge in [-0.25, -0.2) is 0 Å². The number of nitrogens with zero attached hydrogens (tertiary/aromatic N) is 1. The molecule has 3 heterocycles. The normalized spacial score (nSPS) is 19.4. The fraction of sp³-hybridized carbons (Fsp3) is 0.476. The molecule has 1 aromatic carbocycles. The van der Waals surface area contributed by atoms with Crippen LogP contribution in [-0.2, 0) is 21.6 Å². The number of benzene rings is 1. The quantitative estimate of drug-likeness (QED) is 0.878. The molecule has 0 atom stereocenters. The van der Waals surface area contributed by atoms with Gasteiger partial charge in [0.15, 0.2) is 0 Å². The van der Waals surface area contributed by atoms with Crippen molar-refractivity contribution >= 4 is 17.2 Å². The summed E-state index contributed by atoms with van der Waals surface area (Å²) in [6.45, 7) is 5.10. The zero-order chi connectivity index (χ0) is 18.4. The summed E-state index contributed by atoms with van der Waals surface area (Å²) in [6.07, 6.45) is 2.53. The van der Waals surface area contributed by atoms with E-state index in [-0.39, 0.29) is 11.5 Å². The minimum atomic E-state index is -1.31. The number of aliphatic hydroxyl groups is 1. The van der Waals surface area contributed by atoms with Crippen LogP contribution in [0.3, 0.4) is 0 Å². The van der Waals surface area contributed by atoms with Gasteiger partial charge in [0.2, 0.25) is 0 Å². The Kier molecular flexibility index (Phi) is 4.41. The van der Waals surface area contributed by atoms with E-state index in [9.17, 15) is 9.90 Å². The minimum absolute atomic E-state index is 0.196. The Bertz CT molecular complexity index is 798. The number of piperidine rings is 1. The average molecular weight is 372 g/mol. The molecule has 1 saturated heterocycles. The molecule has 2 aromatic rings. The summed E-state index contributed by atoms with van der Waals surface area (Å²) in [5.74, 6) is -0.196. The van der Waals surface area contributed by atoms with Crippen LogP contribution in [0.5, 0.6) is 0 Å². The van der Waals surface area contributed by atoms with Crippen molar-refractivity contribution in [3.05, 3.63) is 46.8 Å². The van der Waals surface area contributed by atoms with Crippen molar-refractivity contribution in [3.8, 4) is 10.4 Å². The van der Waals surface area contributed by atoms with Crippen molar-refractivity contribution in [2.45, 2.75) is 44.3 Å². The van der Waals surface area contributed by atoms with Gasteiger partial charge in [0.25, 0.3) is 5.91 Å². The lowest BCUT2D eigenvalue weighted by molar-refractivity contribution is -0.155. The van der Waals surface area contributed by atoms with Crippen LogP contribution in [0.4, 0.5) is 0 Å². The SMILES string of the molecule is CC(C)(O)C(=O)N1CCC2(CC1)OCCc1sc(-c3ccccc3)cc12. The Balaban J connectivity index is 1.59. The molecule has 2 aliphatic rings. The lowest BCUT2D eigenvalue weighted by Crippen LogP contribution is -2.52. The molecular weight excluding hydrogens is 346 g/mol. The van der Waals surface area contributed by atoms with Crippen LogP contribution in [0.2, 0.25) is 0 Å². The molecule has 0 bridgehead atoms. The molecule has 0 aliphatic carbocycles. The molecule has 26 heavy (non-hydrogen) atoms. The van der Waals surface area contributed by atoms with Crippen LogP contribution in [0.1, 0.15) is 37.1 Å². The molecule has 0 radical (unpaired) electrons. The first-order valence-electron chi connectivity index (χ1n) is 9.23. The minimum Gasteiger partial charge on any atom is -0.381 e. The summed E-state index contributed by atoms with van der Waals surface area (Å²) < 4.78 is 6.30. The highest BCUT2D eigenvalue weighted by Crippen LogP contribution is 2.46. The van der Waals surface area contributed by atoms with Crippen molar-refractivity contribution in [1.82, 2.24) is 4.90 Å². The smallest absolute Gasteiger partial charge is 0.253 e. The molecule has 0 saturated carbocycles. The fourth-order valence-corrected chi connectivity index (χ4v) is 5.27. The lowest BCUT2D eigenvalue weighted by Gasteiger charge is -2.45. The van der Waals surface area contributed by atoms with Gasteiger partial charge in [-0.05, 0) is 43.9 Å². The summed E-state index contributed by atoms with van der Waals surface area (Å²) in [6, 6.07) is 12.8. The number of ether oxygens (including phenoxy) is 1. The topological polar surface area (TPSA) is 49.8 Å². The molecule has 5 heteroatoms. The monoisotopic (exact) mass is 371 g/mol. The van der Waals surface area contributed by atoms with Gasteiger partial charge in [-0.1, -0.05) is 30.3 Å². The maximum Gasteiger partial charge on any atom is 0.253 e. The number of likely N-dealkylation sites (tertiary alicyclic amines) is 1. The average Bonchev–Trinajstić information content (AvgIpc) is 3.08. The molecule has 138 valence electrons. The molecule has 1 fully saturated rings. The van der Waals surface area contributed by atoms with Gasteiger partial charge in [0.05, 0.1) is 12.2 Å². The third kappa shape index (κ3) is 3.08. The van der Waals surface area contributed by atoms with Gasteiger partial charge in [0, 0.05) is 29.3 Å². The van der Waals surface area contributed by atoms with E-state index in [1.165, 1.54) is 20.9 Å². The van der Waals surface area contributed by atoms with Gasteiger partial charge >= 0.3 is 0 Å². The van der Waals surface area contributed by atoms with Gasteiger partial charge in [-0.2, -0.15) is 0 Å². The van der Waals surface area contributed by atoms with E-state index in [0.717, 1.165) is 25.9 Å². The second-order valence-electron chi connectivity index (χ2n) is 7.76. The Labute approximate surface area is 158 Å². The van der Waals surface area contributed by atoms with Crippen LogP contribution in [0.25, 0.3) is 10.4 Å². The first kappa shape index (κ1) is 17.7. The first-order chi connectivity index (χ1) is 12.4. The Morgan fingerprint density at radius 3 is 2.58 bits per heavy atom. The van der Waals surface area contributed by atoms with Gasteiger partial charge in [-0.3, -0.25) is 4.79 Å². The number of fused-ring (bicyclic) bond motifs is 2. The van der Waals surface area contributed by atoms with E-state index >= 15 is 0 Å². The molecule has 2 aliphatic heterocycles. The van der Waals surface area contributed by atoms with Crippen molar-refractivity contribution < 1.29 is 14.6 Å².